The van der Waals surface area contributed by atoms with Gasteiger partial charge >= 0.3 is 11.9 Å². The highest BCUT2D eigenvalue weighted by Gasteiger charge is 2.48. The number of aliphatic hydroxyl groups excluding tert-OH is 3. The molecule has 6 aromatic rings. The van der Waals surface area contributed by atoms with E-state index in [0.717, 1.165) is 34.4 Å². The average Bonchev–Trinajstić information content (AvgIpc) is 3.71. The SMILES string of the molecule is [2H]C([2H])([2H])n1c(-c2cc(C)c3nc(CCC)n(Cc4ccc(-c5ccccc5C(=O)OC5OC(C(=O)O)C(O)C(O)C5O)cc4)c3c2)nc2ccccc21. The third-order valence-corrected chi connectivity index (χ3v) is 9.20. The van der Waals surface area contributed by atoms with Crippen LogP contribution in [0.4, 0.5) is 0 Å². The van der Waals surface area contributed by atoms with Crippen LogP contribution >= 0.6 is 0 Å². The second-order valence-corrected chi connectivity index (χ2v) is 12.7. The Morgan fingerprint density at radius 3 is 2.39 bits per heavy atom. The van der Waals surface area contributed by atoms with Crippen molar-refractivity contribution in [2.24, 2.45) is 6.98 Å². The number of carboxylic acid groups (broad SMARTS) is 1. The molecule has 0 aliphatic carbocycles. The van der Waals surface area contributed by atoms with Gasteiger partial charge in [0.25, 0.3) is 0 Å². The first-order chi connectivity index (χ1) is 25.8. The maximum Gasteiger partial charge on any atom is 0.341 e. The summed E-state index contributed by atoms with van der Waals surface area (Å²) in [5.41, 5.74) is 6.49. The number of carboxylic acids is 1. The molecular weight excluding hydrogens is 652 g/mol. The first kappa shape index (κ1) is 30.4. The van der Waals surface area contributed by atoms with Gasteiger partial charge in [0.15, 0.2) is 6.10 Å². The number of aromatic nitrogens is 4. The zero-order valence-corrected chi connectivity index (χ0v) is 27.8. The number of hydrogen-bond donors (Lipinski definition) is 4. The Morgan fingerprint density at radius 2 is 1.65 bits per heavy atom. The summed E-state index contributed by atoms with van der Waals surface area (Å²) >= 11 is 0. The molecular formula is C39H38N4O8. The number of nitrogens with zero attached hydrogens (tertiary/aromatic N) is 4. The zero-order chi connectivity index (χ0) is 38.5. The quantitative estimate of drug-likeness (QED) is 0.157. The molecule has 51 heavy (non-hydrogen) atoms. The van der Waals surface area contributed by atoms with Crippen molar-refractivity contribution < 1.29 is 43.6 Å². The van der Waals surface area contributed by atoms with E-state index in [4.69, 9.17) is 23.6 Å². The van der Waals surface area contributed by atoms with Gasteiger partial charge in [0.1, 0.15) is 30.0 Å². The first-order valence-corrected chi connectivity index (χ1v) is 16.6. The molecule has 1 saturated heterocycles. The van der Waals surface area contributed by atoms with E-state index < -0.39 is 49.6 Å². The van der Waals surface area contributed by atoms with Crippen molar-refractivity contribution in [3.63, 3.8) is 0 Å². The highest BCUT2D eigenvalue weighted by Crippen LogP contribution is 2.32. The lowest BCUT2D eigenvalue weighted by Crippen LogP contribution is -2.60. The van der Waals surface area contributed by atoms with E-state index in [1.807, 2.05) is 49.4 Å². The second kappa shape index (κ2) is 13.7. The van der Waals surface area contributed by atoms with Crippen molar-refractivity contribution in [2.45, 2.75) is 63.9 Å². The number of imidazole rings is 2. The van der Waals surface area contributed by atoms with Gasteiger partial charge in [-0.25, -0.2) is 19.6 Å². The Hall–Kier alpha value is -5.40. The predicted molar refractivity (Wildman–Crippen MR) is 189 cm³/mol. The minimum absolute atomic E-state index is 0.102. The summed E-state index contributed by atoms with van der Waals surface area (Å²) in [6, 6.07) is 25.2. The van der Waals surface area contributed by atoms with Crippen molar-refractivity contribution >= 4 is 34.0 Å². The topological polar surface area (TPSA) is 169 Å². The molecule has 12 nitrogen and oxygen atoms in total. The molecule has 4 aromatic carbocycles. The summed E-state index contributed by atoms with van der Waals surface area (Å²) in [5, 5.41) is 39.9. The summed E-state index contributed by atoms with van der Waals surface area (Å²) in [5.74, 6) is -1.30. The maximum absolute atomic E-state index is 13.4. The highest BCUT2D eigenvalue weighted by molar-refractivity contribution is 5.97. The molecule has 5 atom stereocenters. The maximum atomic E-state index is 13.4. The van der Waals surface area contributed by atoms with Crippen LogP contribution in [0.25, 0.3) is 44.6 Å². The van der Waals surface area contributed by atoms with Crippen LogP contribution in [0.3, 0.4) is 0 Å². The summed E-state index contributed by atoms with van der Waals surface area (Å²) in [7, 11) is 0. The summed E-state index contributed by atoms with van der Waals surface area (Å²) in [4.78, 5) is 34.6. The van der Waals surface area contributed by atoms with Crippen LogP contribution < -0.4 is 0 Å². The number of carbonyl (C=O) groups excluding carboxylic acids is 1. The molecule has 0 saturated carbocycles. The van der Waals surface area contributed by atoms with Crippen molar-refractivity contribution in [2.75, 3.05) is 0 Å². The van der Waals surface area contributed by atoms with E-state index in [2.05, 4.69) is 11.5 Å². The minimum Gasteiger partial charge on any atom is -0.479 e. The molecule has 12 heteroatoms. The van der Waals surface area contributed by atoms with Gasteiger partial charge in [0.2, 0.25) is 6.29 Å². The number of benzene rings is 4. The van der Waals surface area contributed by atoms with Crippen LogP contribution in [0.2, 0.25) is 0 Å². The first-order valence-electron chi connectivity index (χ1n) is 18.1. The molecule has 3 heterocycles. The molecule has 1 aliphatic rings. The summed E-state index contributed by atoms with van der Waals surface area (Å²) in [6.45, 7) is 2.02. The lowest BCUT2D eigenvalue weighted by molar-refractivity contribution is -0.278. The second-order valence-electron chi connectivity index (χ2n) is 12.7. The standard InChI is InChI=1S/C39H38N4O8/c1-4-9-30-41-31-21(2)18-24(36-40-27-12-7-8-13-28(27)42(36)3)19-29(31)43(30)20-22-14-16-23(17-15-22)25-10-5-6-11-26(25)38(49)51-39-34(46)32(44)33(45)35(50-39)37(47)48/h5-8,10-19,32-35,39,44-46H,4,9,20H2,1-3H3,(H,47,48)/i3D3. The molecule has 1 fully saturated rings. The molecule has 4 N–H and O–H groups in total. The lowest BCUT2D eigenvalue weighted by atomic mass is 9.98. The number of para-hydroxylation sites is 2. The van der Waals surface area contributed by atoms with Crippen LogP contribution in [0.1, 0.15) is 44.8 Å². The van der Waals surface area contributed by atoms with E-state index in [1.54, 1.807) is 36.4 Å². The third kappa shape index (κ3) is 6.27. The van der Waals surface area contributed by atoms with Crippen molar-refractivity contribution in [3.8, 4) is 22.5 Å². The van der Waals surface area contributed by atoms with E-state index in [9.17, 15) is 30.0 Å². The average molecular weight is 694 g/mol. The fraction of sp³-hybridized carbons (Fsp3) is 0.282. The van der Waals surface area contributed by atoms with E-state index in [0.29, 0.717) is 46.5 Å². The number of fused-ring (bicyclic) bond motifs is 2. The van der Waals surface area contributed by atoms with Gasteiger partial charge < -0.3 is 39.0 Å². The number of rotatable bonds is 9. The summed E-state index contributed by atoms with van der Waals surface area (Å²) in [6.07, 6.45) is -7.91. The molecule has 262 valence electrons. The predicted octanol–water partition coefficient (Wildman–Crippen LogP) is 4.62. The molecule has 0 amide bonds. The van der Waals surface area contributed by atoms with Crippen LogP contribution in [0, 0.1) is 6.92 Å². The smallest absolute Gasteiger partial charge is 0.341 e. The van der Waals surface area contributed by atoms with Gasteiger partial charge in [-0.1, -0.05) is 61.5 Å². The van der Waals surface area contributed by atoms with Gasteiger partial charge in [-0.05, 0) is 65.9 Å². The van der Waals surface area contributed by atoms with E-state index >= 15 is 0 Å². The number of aliphatic carboxylic acids is 1. The molecule has 1 aliphatic heterocycles. The number of aliphatic hydroxyl groups is 3. The minimum atomic E-state index is -2.46. The van der Waals surface area contributed by atoms with Gasteiger partial charge in [0.05, 0.1) is 27.6 Å². The van der Waals surface area contributed by atoms with E-state index in [1.165, 1.54) is 10.6 Å². The van der Waals surface area contributed by atoms with Crippen LogP contribution in [-0.4, -0.2) is 82.2 Å². The molecule has 2 aromatic heterocycles. The Morgan fingerprint density at radius 1 is 0.902 bits per heavy atom. The Balaban J connectivity index is 1.20. The van der Waals surface area contributed by atoms with Gasteiger partial charge in [-0.3, -0.25) is 0 Å². The van der Waals surface area contributed by atoms with Crippen LogP contribution in [0.15, 0.2) is 84.9 Å². The Kier molecular flexibility index (Phi) is 8.19. The summed E-state index contributed by atoms with van der Waals surface area (Å²) < 4.78 is 38.8. The Bertz CT molecular complexity index is 2370. The van der Waals surface area contributed by atoms with Gasteiger partial charge in [-0.15, -0.1) is 0 Å². The van der Waals surface area contributed by atoms with Crippen LogP contribution in [-0.2, 0) is 34.2 Å². The lowest BCUT2D eigenvalue weighted by Gasteiger charge is -2.38. The fourth-order valence-electron chi connectivity index (χ4n) is 6.58. The van der Waals surface area contributed by atoms with Crippen LogP contribution in [0.5, 0.6) is 0 Å². The number of aryl methyl sites for hydroxylation is 3. The van der Waals surface area contributed by atoms with Crippen molar-refractivity contribution in [3.05, 3.63) is 107 Å². The molecule has 0 radical (unpaired) electrons. The number of ether oxygens (including phenoxy) is 2. The van der Waals surface area contributed by atoms with Gasteiger partial charge in [-0.2, -0.15) is 0 Å². The fourth-order valence-corrected chi connectivity index (χ4v) is 6.58. The van der Waals surface area contributed by atoms with E-state index in [-0.39, 0.29) is 5.56 Å². The monoisotopic (exact) mass is 693 g/mol. The van der Waals surface area contributed by atoms with Crippen molar-refractivity contribution in [1.29, 1.82) is 0 Å². The zero-order valence-electron chi connectivity index (χ0n) is 30.8. The number of esters is 1. The number of hydrogen-bond acceptors (Lipinski definition) is 9. The largest absolute Gasteiger partial charge is 0.479 e. The third-order valence-electron chi connectivity index (χ3n) is 9.20. The molecule has 0 bridgehead atoms. The molecule has 0 spiro atoms. The number of carbonyl (C=O) groups is 2. The van der Waals surface area contributed by atoms with Gasteiger partial charge in [0, 0.05) is 29.6 Å². The normalized spacial score (nSPS) is 21.7. The molecule has 5 unspecified atom stereocenters. The molecule has 7 rings (SSSR count). The van der Waals surface area contributed by atoms with Crippen molar-refractivity contribution in [1.82, 2.24) is 19.1 Å². The highest BCUT2D eigenvalue weighted by atomic mass is 16.7. The Labute approximate surface area is 297 Å².